The number of ether oxygens (including phenoxy) is 2. The Morgan fingerprint density at radius 3 is 2.59 bits per heavy atom. The van der Waals surface area contributed by atoms with E-state index >= 15 is 0 Å². The highest BCUT2D eigenvalue weighted by Gasteiger charge is 2.20. The van der Waals surface area contributed by atoms with Crippen molar-refractivity contribution in [1.82, 2.24) is 4.98 Å². The quantitative estimate of drug-likeness (QED) is 0.749. The van der Waals surface area contributed by atoms with E-state index in [2.05, 4.69) is 4.98 Å². The molecule has 3 rings (SSSR count). The van der Waals surface area contributed by atoms with Gasteiger partial charge in [-0.2, -0.15) is 4.98 Å². The van der Waals surface area contributed by atoms with E-state index < -0.39 is 5.63 Å². The predicted octanol–water partition coefficient (Wildman–Crippen LogP) is 2.58. The standard InChI is InChI=1S/C16H13NO5/c1-20-12-8-7-10(15(17-12)21-2)13-14(18)9-5-3-4-6-11(9)22-16(13)19/h3-8,18H,1-2H3. The molecule has 0 amide bonds. The molecule has 112 valence electrons. The summed E-state index contributed by atoms with van der Waals surface area (Å²) in [7, 11) is 2.90. The highest BCUT2D eigenvalue weighted by atomic mass is 16.5. The molecule has 0 aliphatic carbocycles. The van der Waals surface area contributed by atoms with Gasteiger partial charge in [0.1, 0.15) is 16.9 Å². The third kappa shape index (κ3) is 2.14. The van der Waals surface area contributed by atoms with Gasteiger partial charge >= 0.3 is 5.63 Å². The lowest BCUT2D eigenvalue weighted by Gasteiger charge is -2.10. The van der Waals surface area contributed by atoms with Gasteiger partial charge in [0.25, 0.3) is 0 Å². The molecular formula is C16H13NO5. The molecule has 0 spiro atoms. The summed E-state index contributed by atoms with van der Waals surface area (Å²) in [5, 5.41) is 10.9. The van der Waals surface area contributed by atoms with E-state index in [1.165, 1.54) is 14.2 Å². The average Bonchev–Trinajstić information content (AvgIpc) is 2.55. The number of aromatic nitrogens is 1. The molecule has 22 heavy (non-hydrogen) atoms. The monoisotopic (exact) mass is 299 g/mol. The van der Waals surface area contributed by atoms with Gasteiger partial charge in [0.15, 0.2) is 0 Å². The molecule has 6 heteroatoms. The lowest BCUT2D eigenvalue weighted by molar-refractivity contribution is 0.365. The minimum atomic E-state index is -0.665. The maximum absolute atomic E-state index is 12.2. The Balaban J connectivity index is 2.33. The van der Waals surface area contributed by atoms with E-state index in [-0.39, 0.29) is 17.2 Å². The van der Waals surface area contributed by atoms with Crippen LogP contribution in [0.2, 0.25) is 0 Å². The fourth-order valence-electron chi connectivity index (χ4n) is 2.25. The number of fused-ring (bicyclic) bond motifs is 1. The third-order valence-corrected chi connectivity index (χ3v) is 3.29. The zero-order valence-electron chi connectivity index (χ0n) is 12.0. The number of hydrogen-bond acceptors (Lipinski definition) is 6. The van der Waals surface area contributed by atoms with Crippen molar-refractivity contribution in [3.05, 3.63) is 46.8 Å². The van der Waals surface area contributed by atoms with Crippen LogP contribution in [0.15, 0.2) is 45.6 Å². The Bertz CT molecular complexity index is 901. The lowest BCUT2D eigenvalue weighted by atomic mass is 10.1. The Morgan fingerprint density at radius 2 is 1.86 bits per heavy atom. The van der Waals surface area contributed by atoms with Crippen LogP contribution >= 0.6 is 0 Å². The maximum Gasteiger partial charge on any atom is 0.348 e. The third-order valence-electron chi connectivity index (χ3n) is 3.29. The van der Waals surface area contributed by atoms with Crippen molar-refractivity contribution in [3.63, 3.8) is 0 Å². The first-order valence-electron chi connectivity index (χ1n) is 6.50. The van der Waals surface area contributed by atoms with Crippen LogP contribution in [-0.4, -0.2) is 24.3 Å². The molecule has 0 saturated heterocycles. The van der Waals surface area contributed by atoms with Gasteiger partial charge in [-0.15, -0.1) is 0 Å². The van der Waals surface area contributed by atoms with Crippen molar-refractivity contribution in [2.75, 3.05) is 14.2 Å². The minimum absolute atomic E-state index is 0.00528. The van der Waals surface area contributed by atoms with Crippen LogP contribution in [0, 0.1) is 0 Å². The van der Waals surface area contributed by atoms with Crippen molar-refractivity contribution in [3.8, 4) is 28.6 Å². The van der Waals surface area contributed by atoms with E-state index in [1.807, 2.05) is 0 Å². The van der Waals surface area contributed by atoms with E-state index in [9.17, 15) is 9.90 Å². The molecular weight excluding hydrogens is 286 g/mol. The molecule has 1 N–H and O–H groups in total. The number of para-hydroxylation sites is 1. The number of methoxy groups -OCH3 is 2. The van der Waals surface area contributed by atoms with E-state index in [4.69, 9.17) is 13.9 Å². The van der Waals surface area contributed by atoms with Gasteiger partial charge in [0, 0.05) is 6.07 Å². The first-order valence-corrected chi connectivity index (χ1v) is 6.50. The maximum atomic E-state index is 12.2. The topological polar surface area (TPSA) is 81.8 Å². The van der Waals surface area contributed by atoms with Crippen molar-refractivity contribution < 1.29 is 19.0 Å². The summed E-state index contributed by atoms with van der Waals surface area (Å²) >= 11 is 0. The molecule has 1 aromatic carbocycles. The number of rotatable bonds is 3. The van der Waals surface area contributed by atoms with Gasteiger partial charge < -0.3 is 19.0 Å². The molecule has 2 aromatic heterocycles. The molecule has 0 fully saturated rings. The van der Waals surface area contributed by atoms with Gasteiger partial charge in [0.2, 0.25) is 11.8 Å². The van der Waals surface area contributed by atoms with Crippen LogP contribution in [0.5, 0.6) is 17.5 Å². The molecule has 0 aliphatic rings. The number of nitrogens with zero attached hydrogens (tertiary/aromatic N) is 1. The average molecular weight is 299 g/mol. The van der Waals surface area contributed by atoms with Gasteiger partial charge in [-0.25, -0.2) is 4.79 Å². The molecule has 6 nitrogen and oxygen atoms in total. The van der Waals surface area contributed by atoms with Crippen molar-refractivity contribution >= 4 is 11.0 Å². The number of aromatic hydroxyl groups is 1. The van der Waals surface area contributed by atoms with E-state index in [0.29, 0.717) is 22.4 Å². The smallest absolute Gasteiger partial charge is 0.348 e. The van der Waals surface area contributed by atoms with Crippen molar-refractivity contribution in [2.24, 2.45) is 0 Å². The lowest BCUT2D eigenvalue weighted by Crippen LogP contribution is -2.05. The highest BCUT2D eigenvalue weighted by Crippen LogP contribution is 2.37. The summed E-state index contributed by atoms with van der Waals surface area (Å²) in [6, 6.07) is 9.91. The van der Waals surface area contributed by atoms with Crippen LogP contribution in [0.3, 0.4) is 0 Å². The summed E-state index contributed by atoms with van der Waals surface area (Å²) in [5.74, 6) is 0.333. The minimum Gasteiger partial charge on any atom is -0.506 e. The fraction of sp³-hybridized carbons (Fsp3) is 0.125. The zero-order chi connectivity index (χ0) is 15.7. The SMILES string of the molecule is COc1ccc(-c2c(O)c3ccccc3oc2=O)c(OC)n1. The van der Waals surface area contributed by atoms with Gasteiger partial charge in [0.05, 0.1) is 25.2 Å². The van der Waals surface area contributed by atoms with Crippen LogP contribution in [0.25, 0.3) is 22.1 Å². The molecule has 3 aromatic rings. The summed E-state index contributed by atoms with van der Waals surface area (Å²) < 4.78 is 15.5. The number of benzene rings is 1. The highest BCUT2D eigenvalue weighted by molar-refractivity contribution is 5.91. The normalized spacial score (nSPS) is 10.6. The Hall–Kier alpha value is -3.02. The largest absolute Gasteiger partial charge is 0.506 e. The molecule has 2 heterocycles. The molecule has 0 aliphatic heterocycles. The van der Waals surface area contributed by atoms with Gasteiger partial charge in [-0.1, -0.05) is 12.1 Å². The second-order valence-corrected chi connectivity index (χ2v) is 4.52. The summed E-state index contributed by atoms with van der Waals surface area (Å²) in [5.41, 5.74) is -0.0124. The second-order valence-electron chi connectivity index (χ2n) is 4.52. The summed E-state index contributed by atoms with van der Waals surface area (Å²) in [6.45, 7) is 0. The summed E-state index contributed by atoms with van der Waals surface area (Å²) in [6.07, 6.45) is 0. The zero-order valence-corrected chi connectivity index (χ0v) is 12.0. The number of pyridine rings is 1. The fourth-order valence-corrected chi connectivity index (χ4v) is 2.25. The molecule has 0 radical (unpaired) electrons. The van der Waals surface area contributed by atoms with Crippen LogP contribution < -0.4 is 15.1 Å². The van der Waals surface area contributed by atoms with Crippen molar-refractivity contribution in [2.45, 2.75) is 0 Å². The van der Waals surface area contributed by atoms with Crippen LogP contribution in [0.1, 0.15) is 0 Å². The number of hydrogen-bond donors (Lipinski definition) is 1. The molecule has 0 unspecified atom stereocenters. The van der Waals surface area contributed by atoms with E-state index in [1.54, 1.807) is 36.4 Å². The molecule has 0 atom stereocenters. The second kappa shape index (κ2) is 5.40. The molecule has 0 saturated carbocycles. The van der Waals surface area contributed by atoms with Crippen LogP contribution in [0.4, 0.5) is 0 Å². The Labute approximate surface area is 125 Å². The predicted molar refractivity (Wildman–Crippen MR) is 80.5 cm³/mol. The first kappa shape index (κ1) is 13.9. The van der Waals surface area contributed by atoms with Crippen LogP contribution in [-0.2, 0) is 0 Å². The summed E-state index contributed by atoms with van der Waals surface area (Å²) in [4.78, 5) is 16.3. The van der Waals surface area contributed by atoms with Gasteiger partial charge in [-0.3, -0.25) is 0 Å². The molecule has 0 bridgehead atoms. The van der Waals surface area contributed by atoms with Gasteiger partial charge in [-0.05, 0) is 18.2 Å². The Morgan fingerprint density at radius 1 is 1.09 bits per heavy atom. The van der Waals surface area contributed by atoms with Crippen molar-refractivity contribution in [1.29, 1.82) is 0 Å². The Kier molecular flexibility index (Phi) is 3.42. The first-order chi connectivity index (χ1) is 10.7. The van der Waals surface area contributed by atoms with E-state index in [0.717, 1.165) is 0 Å².